The zero-order valence-electron chi connectivity index (χ0n) is 24.1. The Morgan fingerprint density at radius 3 is 0.647 bits per heavy atom. The van der Waals surface area contributed by atoms with Gasteiger partial charge in [0.25, 0.3) is 0 Å². The molecule has 0 saturated carbocycles. The molecule has 0 aromatic heterocycles. The van der Waals surface area contributed by atoms with Crippen molar-refractivity contribution in [3.05, 3.63) is 0 Å². The monoisotopic (exact) mass is 602 g/mol. The zero-order valence-corrected chi connectivity index (χ0v) is 27.8. The third-order valence-electron chi connectivity index (χ3n) is 7.41. The van der Waals surface area contributed by atoms with E-state index in [9.17, 15) is 0 Å². The standard InChI is InChI=1S/2C16H33.S.Sn/c2*1-3-5-7-9-11-13-15-16-14-12-10-8-6-4-2;;/h2*1,3-16H2,2H3;;/q;;-2;+2. The van der Waals surface area contributed by atoms with Crippen molar-refractivity contribution in [2.45, 2.75) is 203 Å². The minimum atomic E-state index is 0. The minimum Gasteiger partial charge on any atom is -2.00 e. The summed E-state index contributed by atoms with van der Waals surface area (Å²) in [5, 5.41) is 0. The summed E-state index contributed by atoms with van der Waals surface area (Å²) in [7, 11) is 0. The van der Waals surface area contributed by atoms with Crippen molar-refractivity contribution >= 4 is 34.6 Å². The molecule has 0 aliphatic heterocycles. The van der Waals surface area contributed by atoms with Gasteiger partial charge in [-0.25, -0.2) is 0 Å². The molecule has 0 unspecified atom stereocenters. The summed E-state index contributed by atoms with van der Waals surface area (Å²) in [6.07, 6.45) is 41.9. The minimum absolute atomic E-state index is 0. The number of hydrogen-bond acceptors (Lipinski definition) is 0. The van der Waals surface area contributed by atoms with E-state index < -0.39 is 0 Å². The van der Waals surface area contributed by atoms with Crippen LogP contribution in [0.1, 0.15) is 194 Å². The first-order chi connectivity index (χ1) is 16.4. The van der Waals surface area contributed by atoms with Gasteiger partial charge in [0.05, 0.1) is 0 Å². The van der Waals surface area contributed by atoms with E-state index in [2.05, 4.69) is 13.8 Å². The van der Waals surface area contributed by atoms with Crippen molar-refractivity contribution in [3.8, 4) is 0 Å². The molecule has 2 heteroatoms. The molecular weight excluding hydrogens is 535 g/mol. The van der Waals surface area contributed by atoms with Gasteiger partial charge in [-0.15, -0.1) is 0 Å². The first-order valence-electron chi connectivity index (χ1n) is 16.1. The van der Waals surface area contributed by atoms with Crippen LogP contribution in [0.2, 0.25) is 8.87 Å². The van der Waals surface area contributed by atoms with Gasteiger partial charge in [-0.05, 0) is 0 Å². The fourth-order valence-corrected chi connectivity index (χ4v) is 8.58. The Morgan fingerprint density at radius 2 is 0.441 bits per heavy atom. The zero-order chi connectivity index (χ0) is 23.9. The molecule has 0 amide bonds. The summed E-state index contributed by atoms with van der Waals surface area (Å²) in [5.74, 6) is 0. The van der Waals surface area contributed by atoms with Crippen molar-refractivity contribution in [1.29, 1.82) is 0 Å². The van der Waals surface area contributed by atoms with Crippen LogP contribution in [0.3, 0.4) is 0 Å². The van der Waals surface area contributed by atoms with E-state index >= 15 is 0 Å². The van der Waals surface area contributed by atoms with Gasteiger partial charge in [0.1, 0.15) is 0 Å². The van der Waals surface area contributed by atoms with Crippen molar-refractivity contribution in [3.63, 3.8) is 0 Å². The molecule has 204 valence electrons. The second kappa shape index (κ2) is 36.3. The maximum absolute atomic E-state index is 2.31. The van der Waals surface area contributed by atoms with E-state index in [-0.39, 0.29) is 34.6 Å². The summed E-state index contributed by atoms with van der Waals surface area (Å²) in [5.41, 5.74) is 0. The summed E-state index contributed by atoms with van der Waals surface area (Å²) >= 11 is 0.0171. The predicted molar refractivity (Wildman–Crippen MR) is 163 cm³/mol. The van der Waals surface area contributed by atoms with Crippen LogP contribution in [0.4, 0.5) is 0 Å². The Morgan fingerprint density at radius 1 is 0.265 bits per heavy atom. The Balaban J connectivity index is 0. The molecule has 0 spiro atoms. The molecule has 0 heterocycles. The molecule has 0 atom stereocenters. The van der Waals surface area contributed by atoms with E-state index in [1.807, 2.05) is 0 Å². The van der Waals surface area contributed by atoms with E-state index in [0.29, 0.717) is 0 Å². The molecule has 0 aliphatic carbocycles. The van der Waals surface area contributed by atoms with Crippen LogP contribution in [0.15, 0.2) is 0 Å². The van der Waals surface area contributed by atoms with Crippen molar-refractivity contribution < 1.29 is 0 Å². The molecule has 0 bridgehead atoms. The van der Waals surface area contributed by atoms with Gasteiger partial charge in [-0.2, -0.15) is 0 Å². The fourth-order valence-electron chi connectivity index (χ4n) is 5.01. The average Bonchev–Trinajstić information content (AvgIpc) is 2.83. The molecule has 0 aromatic rings. The van der Waals surface area contributed by atoms with Gasteiger partial charge in [-0.1, -0.05) is 52.4 Å². The maximum atomic E-state index is 2.31. The third-order valence-corrected chi connectivity index (χ3v) is 11.5. The quantitative estimate of drug-likeness (QED) is 0.0568. The number of hydrogen-bond donors (Lipinski definition) is 0. The molecule has 0 rings (SSSR count). The van der Waals surface area contributed by atoms with E-state index in [0.717, 1.165) is 0 Å². The molecule has 0 aliphatic rings. The molecule has 0 radical (unpaired) electrons. The van der Waals surface area contributed by atoms with Crippen LogP contribution < -0.4 is 0 Å². The Bertz CT molecular complexity index is 290. The first-order valence-corrected chi connectivity index (χ1v) is 20.2. The van der Waals surface area contributed by atoms with Gasteiger partial charge in [-0.3, -0.25) is 0 Å². The van der Waals surface area contributed by atoms with Gasteiger partial charge in [0, 0.05) is 0 Å². The summed E-state index contributed by atoms with van der Waals surface area (Å²) < 4.78 is 3.33. The molecule has 0 fully saturated rings. The number of unbranched alkanes of at least 4 members (excludes halogenated alkanes) is 26. The van der Waals surface area contributed by atoms with Gasteiger partial charge < -0.3 is 13.5 Å². The Kier molecular flexibility index (Phi) is 39.8. The second-order valence-corrected chi connectivity index (χ2v) is 15.2. The molecule has 0 nitrogen and oxygen atoms in total. The third kappa shape index (κ3) is 35.3. The van der Waals surface area contributed by atoms with Gasteiger partial charge in [0.15, 0.2) is 0 Å². The summed E-state index contributed by atoms with van der Waals surface area (Å²) in [6, 6.07) is 0. The fraction of sp³-hybridized carbons (Fsp3) is 1.00. The van der Waals surface area contributed by atoms with Crippen LogP contribution in [0.25, 0.3) is 0 Å². The first kappa shape index (κ1) is 37.3. The van der Waals surface area contributed by atoms with E-state index in [1.54, 1.807) is 21.7 Å². The summed E-state index contributed by atoms with van der Waals surface area (Å²) in [6.45, 7) is 4.62. The van der Waals surface area contributed by atoms with E-state index in [4.69, 9.17) is 0 Å². The predicted octanol–water partition coefficient (Wildman–Crippen LogP) is 12.5. The van der Waals surface area contributed by atoms with Gasteiger partial charge in [0.2, 0.25) is 0 Å². The summed E-state index contributed by atoms with van der Waals surface area (Å²) in [4.78, 5) is 0. The van der Waals surface area contributed by atoms with E-state index in [1.165, 1.54) is 167 Å². The smallest absolute Gasteiger partial charge is 2.00 e. The SMILES string of the molecule is CCCCCCCCCCCCCCC[CH2][Sn+2][CH2]CCCCCCCCCCCCCCC.[S-2]. The van der Waals surface area contributed by atoms with Crippen LogP contribution in [-0.2, 0) is 13.5 Å². The van der Waals surface area contributed by atoms with Crippen LogP contribution in [0.5, 0.6) is 0 Å². The Labute approximate surface area is 236 Å². The molecular formula is C32H66SSn. The topological polar surface area (TPSA) is 0 Å². The molecule has 0 saturated heterocycles. The molecule has 34 heavy (non-hydrogen) atoms. The van der Waals surface area contributed by atoms with Crippen LogP contribution >= 0.6 is 0 Å². The van der Waals surface area contributed by atoms with Crippen molar-refractivity contribution in [1.82, 2.24) is 0 Å². The van der Waals surface area contributed by atoms with Crippen LogP contribution in [-0.4, -0.2) is 21.1 Å². The number of rotatable bonds is 30. The molecule has 0 N–H and O–H groups in total. The van der Waals surface area contributed by atoms with Crippen molar-refractivity contribution in [2.75, 3.05) is 0 Å². The van der Waals surface area contributed by atoms with Crippen molar-refractivity contribution in [2.24, 2.45) is 0 Å². The van der Waals surface area contributed by atoms with Gasteiger partial charge >= 0.3 is 171 Å². The molecule has 0 aromatic carbocycles. The Hall–Kier alpha value is 1.15. The second-order valence-electron chi connectivity index (χ2n) is 10.9. The normalized spacial score (nSPS) is 10.9. The van der Waals surface area contributed by atoms with Crippen LogP contribution in [0, 0.1) is 0 Å². The average molecular weight is 602 g/mol.